The molecule has 2 aromatic heterocycles. The van der Waals surface area contributed by atoms with Gasteiger partial charge in [0, 0.05) is 55.3 Å². The zero-order valence-electron chi connectivity index (χ0n) is 19.9. The highest BCUT2D eigenvalue weighted by molar-refractivity contribution is 5.76. The van der Waals surface area contributed by atoms with Crippen LogP contribution in [0.5, 0.6) is 0 Å². The second-order valence-electron chi connectivity index (χ2n) is 9.92. The van der Waals surface area contributed by atoms with Crippen molar-refractivity contribution >= 4 is 11.8 Å². The third kappa shape index (κ3) is 5.58. The van der Waals surface area contributed by atoms with Gasteiger partial charge in [-0.2, -0.15) is 0 Å². The van der Waals surface area contributed by atoms with Gasteiger partial charge in [0.25, 0.3) is 0 Å². The van der Waals surface area contributed by atoms with Crippen molar-refractivity contribution in [2.24, 2.45) is 0 Å². The molecule has 5 rings (SSSR count). The van der Waals surface area contributed by atoms with Gasteiger partial charge in [-0.15, -0.1) is 0 Å². The first-order chi connectivity index (χ1) is 16.7. The normalized spacial score (nSPS) is 21.1. The number of aryl methyl sites for hydroxylation is 2. The third-order valence-electron chi connectivity index (χ3n) is 7.29. The molecule has 7 nitrogen and oxygen atoms in total. The summed E-state index contributed by atoms with van der Waals surface area (Å²) >= 11 is 0. The fourth-order valence-corrected chi connectivity index (χ4v) is 5.31. The van der Waals surface area contributed by atoms with E-state index in [1.165, 1.54) is 17.7 Å². The molecule has 4 heterocycles. The summed E-state index contributed by atoms with van der Waals surface area (Å²) in [4.78, 5) is 23.6. The molecule has 0 aromatic carbocycles. The average Bonchev–Trinajstić information content (AvgIpc) is 3.60. The standard InChI is InChI=1S/C27H36N4O3/c32-27(33)25(23-8-5-14-28-24(23)19-9-10-19)31-16-13-22(18-31)34-17-3-1-2-7-21-12-11-20-6-4-15-29-26(20)30-21/h5,8,11-12,14,19,22,25H,1-4,6-7,9-10,13,15-18H2,(H,29,30)(H,32,33)/t22-,25+/m1/s1. The van der Waals surface area contributed by atoms with Crippen LogP contribution in [0.3, 0.4) is 0 Å². The summed E-state index contributed by atoms with van der Waals surface area (Å²) in [6.45, 7) is 3.17. The van der Waals surface area contributed by atoms with Crippen LogP contribution in [0.4, 0.5) is 5.82 Å². The first-order valence-corrected chi connectivity index (χ1v) is 12.9. The Bertz CT molecular complexity index is 994. The van der Waals surface area contributed by atoms with Crippen LogP contribution >= 0.6 is 0 Å². The van der Waals surface area contributed by atoms with Crippen LogP contribution < -0.4 is 5.32 Å². The van der Waals surface area contributed by atoms with E-state index in [2.05, 4.69) is 27.3 Å². The van der Waals surface area contributed by atoms with Crippen LogP contribution in [0.2, 0.25) is 0 Å². The lowest BCUT2D eigenvalue weighted by molar-refractivity contribution is -0.143. The molecule has 0 bridgehead atoms. The number of carbonyl (C=O) groups is 1. The SMILES string of the molecule is O=C(O)[C@H](c1cccnc1C1CC1)N1CC[C@@H](OCCCCCc2ccc3c(n2)NCCC3)C1. The van der Waals surface area contributed by atoms with Crippen LogP contribution in [0.25, 0.3) is 0 Å². The Morgan fingerprint density at radius 3 is 2.97 bits per heavy atom. The summed E-state index contributed by atoms with van der Waals surface area (Å²) in [5, 5.41) is 13.4. The van der Waals surface area contributed by atoms with E-state index in [0.717, 1.165) is 88.1 Å². The van der Waals surface area contributed by atoms with Gasteiger partial charge in [-0.3, -0.25) is 14.7 Å². The first-order valence-electron chi connectivity index (χ1n) is 12.9. The number of rotatable bonds is 11. The van der Waals surface area contributed by atoms with Gasteiger partial charge in [0.2, 0.25) is 0 Å². The largest absolute Gasteiger partial charge is 0.480 e. The molecule has 3 aliphatic rings. The molecule has 2 N–H and O–H groups in total. The van der Waals surface area contributed by atoms with Gasteiger partial charge in [-0.25, -0.2) is 4.98 Å². The fraction of sp³-hybridized carbons (Fsp3) is 0.593. The van der Waals surface area contributed by atoms with E-state index in [1.807, 2.05) is 12.1 Å². The van der Waals surface area contributed by atoms with Crippen LogP contribution in [0, 0.1) is 0 Å². The maximum Gasteiger partial charge on any atom is 0.325 e. The Morgan fingerprint density at radius 2 is 2.12 bits per heavy atom. The van der Waals surface area contributed by atoms with E-state index < -0.39 is 12.0 Å². The molecule has 0 amide bonds. The van der Waals surface area contributed by atoms with E-state index in [9.17, 15) is 9.90 Å². The van der Waals surface area contributed by atoms with Crippen molar-refractivity contribution in [3.8, 4) is 0 Å². The van der Waals surface area contributed by atoms with Gasteiger partial charge in [-0.05, 0) is 69.1 Å². The minimum Gasteiger partial charge on any atom is -0.480 e. The summed E-state index contributed by atoms with van der Waals surface area (Å²) in [6.07, 6.45) is 11.6. The van der Waals surface area contributed by atoms with Crippen LogP contribution in [0.15, 0.2) is 30.5 Å². The Morgan fingerprint density at radius 1 is 1.21 bits per heavy atom. The highest BCUT2D eigenvalue weighted by Crippen LogP contribution is 2.43. The quantitative estimate of drug-likeness (QED) is 0.478. The summed E-state index contributed by atoms with van der Waals surface area (Å²) in [7, 11) is 0. The zero-order chi connectivity index (χ0) is 23.3. The number of pyridine rings is 2. The zero-order valence-corrected chi connectivity index (χ0v) is 19.9. The minimum atomic E-state index is -0.790. The van der Waals surface area contributed by atoms with Gasteiger partial charge >= 0.3 is 5.97 Å². The van der Waals surface area contributed by atoms with E-state index in [1.54, 1.807) is 6.20 Å². The van der Waals surface area contributed by atoms with Gasteiger partial charge in [0.15, 0.2) is 0 Å². The van der Waals surface area contributed by atoms with Crippen LogP contribution in [-0.4, -0.2) is 58.3 Å². The Balaban J connectivity index is 1.05. The summed E-state index contributed by atoms with van der Waals surface area (Å²) in [5.74, 6) is 0.718. The van der Waals surface area contributed by atoms with Crippen molar-refractivity contribution < 1.29 is 14.6 Å². The number of carboxylic acid groups (broad SMARTS) is 1. The number of aliphatic carboxylic acids is 1. The number of anilines is 1. The number of aromatic nitrogens is 2. The molecule has 1 saturated heterocycles. The molecule has 1 aliphatic carbocycles. The molecular formula is C27H36N4O3. The van der Waals surface area contributed by atoms with Crippen molar-refractivity contribution in [1.29, 1.82) is 0 Å². The Kier molecular flexibility index (Phi) is 7.40. The third-order valence-corrected chi connectivity index (χ3v) is 7.29. The molecule has 2 aliphatic heterocycles. The number of fused-ring (bicyclic) bond motifs is 1. The number of unbranched alkanes of at least 4 members (excludes halogenated alkanes) is 2. The number of hydrogen-bond acceptors (Lipinski definition) is 6. The highest BCUT2D eigenvalue weighted by atomic mass is 16.5. The molecule has 0 radical (unpaired) electrons. The predicted octanol–water partition coefficient (Wildman–Crippen LogP) is 4.34. The minimum absolute atomic E-state index is 0.108. The molecule has 2 fully saturated rings. The fourth-order valence-electron chi connectivity index (χ4n) is 5.31. The van der Waals surface area contributed by atoms with Gasteiger partial charge in [-0.1, -0.05) is 18.6 Å². The number of carboxylic acids is 1. The number of hydrogen-bond donors (Lipinski definition) is 2. The van der Waals surface area contributed by atoms with Crippen molar-refractivity contribution in [3.05, 3.63) is 53.0 Å². The predicted molar refractivity (Wildman–Crippen MR) is 131 cm³/mol. The second kappa shape index (κ2) is 10.8. The van der Waals surface area contributed by atoms with Gasteiger partial charge < -0.3 is 15.2 Å². The maximum atomic E-state index is 12.2. The van der Waals surface area contributed by atoms with Crippen molar-refractivity contribution in [2.45, 2.75) is 75.9 Å². The number of nitrogens with zero attached hydrogens (tertiary/aromatic N) is 3. The molecule has 0 spiro atoms. The number of ether oxygens (including phenoxy) is 1. The highest BCUT2D eigenvalue weighted by Gasteiger charge is 2.38. The molecular weight excluding hydrogens is 428 g/mol. The first kappa shape index (κ1) is 23.2. The summed E-state index contributed by atoms with van der Waals surface area (Å²) < 4.78 is 6.14. The monoisotopic (exact) mass is 464 g/mol. The van der Waals surface area contributed by atoms with Crippen LogP contribution in [0.1, 0.15) is 79.4 Å². The Labute approximate surface area is 201 Å². The van der Waals surface area contributed by atoms with E-state index in [4.69, 9.17) is 9.72 Å². The molecule has 1 saturated carbocycles. The number of nitrogens with one attached hydrogen (secondary N) is 1. The lowest BCUT2D eigenvalue weighted by Crippen LogP contribution is -2.34. The van der Waals surface area contributed by atoms with E-state index in [0.29, 0.717) is 12.5 Å². The lowest BCUT2D eigenvalue weighted by atomic mass is 10.0. The van der Waals surface area contributed by atoms with Crippen molar-refractivity contribution in [1.82, 2.24) is 14.9 Å². The van der Waals surface area contributed by atoms with Crippen molar-refractivity contribution in [2.75, 3.05) is 31.6 Å². The van der Waals surface area contributed by atoms with E-state index in [-0.39, 0.29) is 6.10 Å². The lowest BCUT2D eigenvalue weighted by Gasteiger charge is -2.26. The molecule has 2 atom stereocenters. The van der Waals surface area contributed by atoms with Crippen LogP contribution in [-0.2, 0) is 22.4 Å². The smallest absolute Gasteiger partial charge is 0.325 e. The second-order valence-corrected chi connectivity index (χ2v) is 9.92. The number of likely N-dealkylation sites (tertiary alicyclic amines) is 1. The van der Waals surface area contributed by atoms with Gasteiger partial charge in [0.05, 0.1) is 6.10 Å². The Hall–Kier alpha value is -2.51. The van der Waals surface area contributed by atoms with Crippen molar-refractivity contribution in [3.63, 3.8) is 0 Å². The molecule has 34 heavy (non-hydrogen) atoms. The average molecular weight is 465 g/mol. The van der Waals surface area contributed by atoms with Gasteiger partial charge in [0.1, 0.15) is 11.9 Å². The molecule has 0 unspecified atom stereocenters. The summed E-state index contributed by atoms with van der Waals surface area (Å²) in [5.41, 5.74) is 4.35. The summed E-state index contributed by atoms with van der Waals surface area (Å²) in [6, 6.07) is 7.57. The molecule has 182 valence electrons. The molecule has 7 heteroatoms. The van der Waals surface area contributed by atoms with E-state index >= 15 is 0 Å². The molecule has 2 aromatic rings. The topological polar surface area (TPSA) is 87.6 Å². The maximum absolute atomic E-state index is 12.2.